The van der Waals surface area contributed by atoms with Gasteiger partial charge in [0.25, 0.3) is 0 Å². The Labute approximate surface area is 147 Å². The second-order valence-electron chi connectivity index (χ2n) is 5.29. The molecule has 4 unspecified atom stereocenters. The molecule has 0 aliphatic heterocycles. The second-order valence-corrected chi connectivity index (χ2v) is 5.29. The van der Waals surface area contributed by atoms with Gasteiger partial charge in [-0.1, -0.05) is 0 Å². The molecule has 0 heterocycles. The Hall–Kier alpha value is -2.77. The van der Waals surface area contributed by atoms with Crippen LogP contribution in [0, 0.1) is 0 Å². The maximum atomic E-state index is 12.1. The summed E-state index contributed by atoms with van der Waals surface area (Å²) in [6, 6.07) is -4.60. The molecule has 0 aromatic heterocycles. The third-order valence-corrected chi connectivity index (χ3v) is 3.02. The first-order valence-corrected chi connectivity index (χ1v) is 7.36. The summed E-state index contributed by atoms with van der Waals surface area (Å²) < 4.78 is 0. The minimum atomic E-state index is -1.57. The number of nitrogens with one attached hydrogen (secondary N) is 3. The maximum absolute atomic E-state index is 12.1. The van der Waals surface area contributed by atoms with E-state index in [1.807, 2.05) is 10.6 Å². The molecule has 26 heavy (non-hydrogen) atoms. The van der Waals surface area contributed by atoms with Crippen LogP contribution in [0.3, 0.4) is 0 Å². The summed E-state index contributed by atoms with van der Waals surface area (Å²) >= 11 is 0. The highest BCUT2D eigenvalue weighted by Crippen LogP contribution is 1.97. The van der Waals surface area contributed by atoms with Gasteiger partial charge in [-0.3, -0.25) is 24.0 Å². The summed E-state index contributed by atoms with van der Waals surface area (Å²) in [7, 11) is 0. The van der Waals surface area contributed by atoms with Crippen LogP contribution >= 0.6 is 0 Å². The van der Waals surface area contributed by atoms with Gasteiger partial charge in [-0.15, -0.1) is 0 Å². The Morgan fingerprint density at radius 3 is 1.96 bits per heavy atom. The molecule has 0 aromatic carbocycles. The predicted octanol–water partition coefficient (Wildman–Crippen LogP) is -4.67. The molecule has 13 heteroatoms. The van der Waals surface area contributed by atoms with E-state index in [0.29, 0.717) is 0 Å². The van der Waals surface area contributed by atoms with Crippen molar-refractivity contribution in [1.29, 1.82) is 0 Å². The number of carboxylic acids is 2. The SMILES string of the molecule is CC(O)C(NC(=O)C(CO)NC(=O)C(N)CC(=O)O)C(=O)NCC(=O)O. The molecule has 0 aromatic rings. The van der Waals surface area contributed by atoms with Crippen molar-refractivity contribution >= 4 is 29.7 Å². The van der Waals surface area contributed by atoms with Crippen molar-refractivity contribution in [1.82, 2.24) is 16.0 Å². The summed E-state index contributed by atoms with van der Waals surface area (Å²) in [6.07, 6.45) is -2.13. The number of nitrogens with two attached hydrogens (primary N) is 1. The molecule has 9 N–H and O–H groups in total. The first-order valence-electron chi connectivity index (χ1n) is 7.36. The van der Waals surface area contributed by atoms with E-state index in [4.69, 9.17) is 15.9 Å². The Morgan fingerprint density at radius 1 is 0.962 bits per heavy atom. The van der Waals surface area contributed by atoms with Crippen molar-refractivity contribution in [2.45, 2.75) is 37.6 Å². The fourth-order valence-corrected chi connectivity index (χ4v) is 1.69. The molecular formula is C13H22N4O9. The van der Waals surface area contributed by atoms with E-state index in [1.165, 1.54) is 0 Å². The lowest BCUT2D eigenvalue weighted by atomic mass is 10.1. The van der Waals surface area contributed by atoms with Crippen molar-refractivity contribution in [3.05, 3.63) is 0 Å². The molecule has 0 rings (SSSR count). The minimum absolute atomic E-state index is 0.709. The zero-order chi connectivity index (χ0) is 20.4. The minimum Gasteiger partial charge on any atom is -0.481 e. The largest absolute Gasteiger partial charge is 0.481 e. The van der Waals surface area contributed by atoms with Crippen LogP contribution in [-0.2, 0) is 24.0 Å². The van der Waals surface area contributed by atoms with E-state index in [-0.39, 0.29) is 0 Å². The van der Waals surface area contributed by atoms with Crippen LogP contribution in [0.4, 0.5) is 0 Å². The molecular weight excluding hydrogens is 356 g/mol. The highest BCUT2D eigenvalue weighted by atomic mass is 16.4. The lowest BCUT2D eigenvalue weighted by molar-refractivity contribution is -0.140. The lowest BCUT2D eigenvalue weighted by Gasteiger charge is -2.24. The molecule has 0 aliphatic rings. The number of rotatable bonds is 11. The summed E-state index contributed by atoms with van der Waals surface area (Å²) in [5.74, 6) is -5.78. The van der Waals surface area contributed by atoms with Gasteiger partial charge in [0, 0.05) is 0 Å². The van der Waals surface area contributed by atoms with Gasteiger partial charge in [0.2, 0.25) is 17.7 Å². The van der Waals surface area contributed by atoms with Crippen LogP contribution < -0.4 is 21.7 Å². The second kappa shape index (κ2) is 11.0. The maximum Gasteiger partial charge on any atom is 0.322 e. The fourth-order valence-electron chi connectivity index (χ4n) is 1.69. The first kappa shape index (κ1) is 23.2. The smallest absolute Gasteiger partial charge is 0.322 e. The Kier molecular flexibility index (Phi) is 9.80. The molecule has 0 bridgehead atoms. The molecule has 0 saturated heterocycles. The number of hydrogen-bond donors (Lipinski definition) is 8. The van der Waals surface area contributed by atoms with Crippen molar-refractivity contribution in [2.24, 2.45) is 5.73 Å². The van der Waals surface area contributed by atoms with E-state index in [0.717, 1.165) is 6.92 Å². The number of aliphatic carboxylic acids is 2. The van der Waals surface area contributed by atoms with Crippen molar-refractivity contribution < 1.29 is 44.4 Å². The topological polar surface area (TPSA) is 228 Å². The van der Waals surface area contributed by atoms with Crippen LogP contribution in [0.25, 0.3) is 0 Å². The highest BCUT2D eigenvalue weighted by molar-refractivity contribution is 5.94. The highest BCUT2D eigenvalue weighted by Gasteiger charge is 2.30. The monoisotopic (exact) mass is 378 g/mol. The number of carbonyl (C=O) groups is 5. The predicted molar refractivity (Wildman–Crippen MR) is 83.5 cm³/mol. The van der Waals surface area contributed by atoms with Gasteiger partial charge in [0.15, 0.2) is 0 Å². The van der Waals surface area contributed by atoms with E-state index in [2.05, 4.69) is 5.32 Å². The summed E-state index contributed by atoms with van der Waals surface area (Å²) in [5.41, 5.74) is 5.32. The van der Waals surface area contributed by atoms with Gasteiger partial charge in [-0.05, 0) is 6.92 Å². The zero-order valence-corrected chi connectivity index (χ0v) is 13.8. The average molecular weight is 378 g/mol. The molecule has 0 fully saturated rings. The summed E-state index contributed by atoms with van der Waals surface area (Å²) in [4.78, 5) is 56.5. The molecule has 0 radical (unpaired) electrons. The number of aliphatic hydroxyl groups excluding tert-OH is 2. The average Bonchev–Trinajstić information content (AvgIpc) is 2.53. The van der Waals surface area contributed by atoms with E-state index < -0.39 is 73.5 Å². The molecule has 0 aliphatic carbocycles. The quantitative estimate of drug-likeness (QED) is 0.171. The van der Waals surface area contributed by atoms with Crippen LogP contribution in [0.15, 0.2) is 0 Å². The van der Waals surface area contributed by atoms with E-state index in [1.54, 1.807) is 0 Å². The van der Waals surface area contributed by atoms with Gasteiger partial charge >= 0.3 is 11.9 Å². The summed E-state index contributed by atoms with van der Waals surface area (Å²) in [5, 5.41) is 41.8. The molecule has 0 saturated carbocycles. The third kappa shape index (κ3) is 8.36. The number of carboxylic acid groups (broad SMARTS) is 2. The van der Waals surface area contributed by atoms with E-state index >= 15 is 0 Å². The lowest BCUT2D eigenvalue weighted by Crippen LogP contribution is -2.59. The van der Waals surface area contributed by atoms with Crippen molar-refractivity contribution in [3.8, 4) is 0 Å². The molecule has 3 amide bonds. The number of amides is 3. The number of hydrogen-bond acceptors (Lipinski definition) is 8. The first-order chi connectivity index (χ1) is 12.0. The van der Waals surface area contributed by atoms with Crippen molar-refractivity contribution in [2.75, 3.05) is 13.2 Å². The molecule has 0 spiro atoms. The standard InChI is InChI=1S/C13H22N4O9/c1-5(19)10(13(26)15-3-9(22)23)17-12(25)7(4-18)16-11(24)6(14)2-8(20)21/h5-7,10,18-19H,2-4,14H2,1H3,(H,15,26)(H,16,24)(H,17,25)(H,20,21)(H,22,23). The summed E-state index contributed by atoms with van der Waals surface area (Å²) in [6.45, 7) is -0.497. The van der Waals surface area contributed by atoms with E-state index in [9.17, 15) is 34.2 Å². The Bertz CT molecular complexity index is 552. The third-order valence-electron chi connectivity index (χ3n) is 3.02. The Balaban J connectivity index is 4.92. The number of carbonyl (C=O) groups excluding carboxylic acids is 3. The van der Waals surface area contributed by atoms with Crippen LogP contribution in [0.2, 0.25) is 0 Å². The Morgan fingerprint density at radius 2 is 1.54 bits per heavy atom. The molecule has 4 atom stereocenters. The molecule has 148 valence electrons. The molecule has 13 nitrogen and oxygen atoms in total. The fraction of sp³-hybridized carbons (Fsp3) is 0.615. The normalized spacial score (nSPS) is 15.1. The van der Waals surface area contributed by atoms with Crippen LogP contribution in [0.1, 0.15) is 13.3 Å². The van der Waals surface area contributed by atoms with Gasteiger partial charge in [0.05, 0.1) is 25.2 Å². The van der Waals surface area contributed by atoms with Gasteiger partial charge < -0.3 is 42.1 Å². The van der Waals surface area contributed by atoms with Crippen LogP contribution in [-0.4, -0.2) is 87.5 Å². The van der Waals surface area contributed by atoms with Gasteiger partial charge in [-0.2, -0.15) is 0 Å². The zero-order valence-electron chi connectivity index (χ0n) is 13.8. The van der Waals surface area contributed by atoms with Gasteiger partial charge in [0.1, 0.15) is 18.6 Å². The van der Waals surface area contributed by atoms with Gasteiger partial charge in [-0.25, -0.2) is 0 Å². The van der Waals surface area contributed by atoms with Crippen LogP contribution in [0.5, 0.6) is 0 Å². The number of aliphatic hydroxyl groups is 2. The van der Waals surface area contributed by atoms with Crippen molar-refractivity contribution in [3.63, 3.8) is 0 Å².